The van der Waals surface area contributed by atoms with E-state index in [1.165, 1.54) is 6.07 Å². The van der Waals surface area contributed by atoms with E-state index in [9.17, 15) is 9.18 Å². The molecule has 1 aromatic carbocycles. The van der Waals surface area contributed by atoms with Crippen LogP contribution in [0.3, 0.4) is 0 Å². The van der Waals surface area contributed by atoms with Crippen LogP contribution in [0, 0.1) is 11.7 Å². The Bertz CT molecular complexity index is 567. The first-order valence-corrected chi connectivity index (χ1v) is 9.46. The summed E-state index contributed by atoms with van der Waals surface area (Å²) in [6.07, 6.45) is 2.52. The lowest BCUT2D eigenvalue weighted by Gasteiger charge is -2.36. The topological polar surface area (TPSA) is 32.8 Å². The number of morpholine rings is 1. The summed E-state index contributed by atoms with van der Waals surface area (Å²) < 4.78 is 19.3. The standard InChI is InChI=1S/C20H29FN2O2/c1-16(18-4-2-3-5-19(18)21)14-20(24)23-8-6-17(7-9-23)15-22-10-12-25-13-11-22/h2-5,16-17H,6-15H2,1H3/t16-/m0/s1. The minimum absolute atomic E-state index is 0.0835. The maximum absolute atomic E-state index is 13.9. The lowest BCUT2D eigenvalue weighted by atomic mass is 9.93. The van der Waals surface area contributed by atoms with Crippen LogP contribution in [0.25, 0.3) is 0 Å². The molecule has 0 aromatic heterocycles. The van der Waals surface area contributed by atoms with Crippen molar-refractivity contribution in [2.75, 3.05) is 45.9 Å². The maximum atomic E-state index is 13.9. The van der Waals surface area contributed by atoms with Gasteiger partial charge < -0.3 is 9.64 Å². The zero-order valence-corrected chi connectivity index (χ0v) is 15.1. The van der Waals surface area contributed by atoms with E-state index in [1.54, 1.807) is 12.1 Å². The Kier molecular flexibility index (Phi) is 6.43. The molecule has 138 valence electrons. The van der Waals surface area contributed by atoms with Gasteiger partial charge in [-0.05, 0) is 36.3 Å². The van der Waals surface area contributed by atoms with Gasteiger partial charge in [-0.2, -0.15) is 0 Å². The van der Waals surface area contributed by atoms with Crippen molar-refractivity contribution in [3.8, 4) is 0 Å². The second-order valence-corrected chi connectivity index (χ2v) is 7.36. The van der Waals surface area contributed by atoms with Crippen LogP contribution in [-0.4, -0.2) is 61.6 Å². The van der Waals surface area contributed by atoms with Crippen LogP contribution in [0.5, 0.6) is 0 Å². The van der Waals surface area contributed by atoms with E-state index in [0.717, 1.165) is 58.8 Å². The summed E-state index contributed by atoms with van der Waals surface area (Å²) in [7, 11) is 0. The number of likely N-dealkylation sites (tertiary alicyclic amines) is 1. The van der Waals surface area contributed by atoms with Crippen molar-refractivity contribution < 1.29 is 13.9 Å². The highest BCUT2D eigenvalue weighted by Gasteiger charge is 2.26. The lowest BCUT2D eigenvalue weighted by Crippen LogP contribution is -2.44. The molecule has 0 saturated carbocycles. The molecule has 0 aliphatic carbocycles. The van der Waals surface area contributed by atoms with Gasteiger partial charge in [-0.15, -0.1) is 0 Å². The molecule has 5 heteroatoms. The van der Waals surface area contributed by atoms with E-state index in [2.05, 4.69) is 4.90 Å². The van der Waals surface area contributed by atoms with Crippen molar-refractivity contribution in [2.45, 2.75) is 32.1 Å². The van der Waals surface area contributed by atoms with Crippen molar-refractivity contribution in [1.29, 1.82) is 0 Å². The Morgan fingerprint density at radius 2 is 1.88 bits per heavy atom. The van der Waals surface area contributed by atoms with Crippen molar-refractivity contribution in [2.24, 2.45) is 5.92 Å². The SMILES string of the molecule is C[C@@H](CC(=O)N1CCC(CN2CCOCC2)CC1)c1ccccc1F. The van der Waals surface area contributed by atoms with E-state index in [-0.39, 0.29) is 17.6 Å². The first-order chi connectivity index (χ1) is 12.1. The van der Waals surface area contributed by atoms with Crippen LogP contribution < -0.4 is 0 Å². The molecular formula is C20H29FN2O2. The average molecular weight is 348 g/mol. The number of nitrogens with zero attached hydrogens (tertiary/aromatic N) is 2. The quantitative estimate of drug-likeness (QED) is 0.820. The number of hydrogen-bond acceptors (Lipinski definition) is 3. The van der Waals surface area contributed by atoms with Crippen LogP contribution in [-0.2, 0) is 9.53 Å². The normalized spacial score (nSPS) is 21.3. The average Bonchev–Trinajstić information content (AvgIpc) is 2.63. The molecule has 1 amide bonds. The Labute approximate surface area is 149 Å². The third-order valence-electron chi connectivity index (χ3n) is 5.50. The molecular weight excluding hydrogens is 319 g/mol. The molecule has 0 N–H and O–H groups in total. The van der Waals surface area contributed by atoms with E-state index in [1.807, 2.05) is 17.9 Å². The number of halogens is 1. The first kappa shape index (κ1) is 18.3. The van der Waals surface area contributed by atoms with Gasteiger partial charge in [0.05, 0.1) is 13.2 Å². The fourth-order valence-corrected chi connectivity index (χ4v) is 3.89. The molecule has 2 fully saturated rings. The summed E-state index contributed by atoms with van der Waals surface area (Å²) in [6.45, 7) is 8.45. The third kappa shape index (κ3) is 5.02. The van der Waals surface area contributed by atoms with Gasteiger partial charge in [0.15, 0.2) is 0 Å². The number of piperidine rings is 1. The van der Waals surface area contributed by atoms with Gasteiger partial charge >= 0.3 is 0 Å². The summed E-state index contributed by atoms with van der Waals surface area (Å²) in [6, 6.07) is 6.76. The summed E-state index contributed by atoms with van der Waals surface area (Å²) >= 11 is 0. The minimum Gasteiger partial charge on any atom is -0.379 e. The zero-order valence-electron chi connectivity index (χ0n) is 15.1. The third-order valence-corrected chi connectivity index (χ3v) is 5.50. The predicted molar refractivity (Wildman–Crippen MR) is 96.0 cm³/mol. The van der Waals surface area contributed by atoms with E-state index in [4.69, 9.17) is 4.74 Å². The number of carbonyl (C=O) groups excluding carboxylic acids is 1. The number of hydrogen-bond donors (Lipinski definition) is 0. The highest BCUT2D eigenvalue weighted by molar-refractivity contribution is 5.77. The predicted octanol–water partition coefficient (Wildman–Crippen LogP) is 2.89. The van der Waals surface area contributed by atoms with E-state index < -0.39 is 0 Å². The molecule has 1 aromatic rings. The molecule has 0 unspecified atom stereocenters. The number of carbonyl (C=O) groups is 1. The highest BCUT2D eigenvalue weighted by atomic mass is 19.1. The molecule has 0 spiro atoms. The van der Waals surface area contributed by atoms with Gasteiger partial charge in [0, 0.05) is 39.1 Å². The molecule has 25 heavy (non-hydrogen) atoms. The molecule has 3 rings (SSSR count). The Morgan fingerprint density at radius 3 is 2.56 bits per heavy atom. The van der Waals surface area contributed by atoms with Crippen LogP contribution >= 0.6 is 0 Å². The largest absolute Gasteiger partial charge is 0.379 e. The van der Waals surface area contributed by atoms with Crippen molar-refractivity contribution in [3.05, 3.63) is 35.6 Å². The van der Waals surface area contributed by atoms with Crippen molar-refractivity contribution >= 4 is 5.91 Å². The summed E-state index contributed by atoms with van der Waals surface area (Å²) in [5, 5.41) is 0. The summed E-state index contributed by atoms with van der Waals surface area (Å²) in [5.74, 6) is 0.526. The summed E-state index contributed by atoms with van der Waals surface area (Å²) in [5.41, 5.74) is 0.637. The van der Waals surface area contributed by atoms with Gasteiger partial charge in [-0.3, -0.25) is 9.69 Å². The minimum atomic E-state index is -0.216. The van der Waals surface area contributed by atoms with Crippen LogP contribution in [0.1, 0.15) is 37.7 Å². The van der Waals surface area contributed by atoms with Crippen molar-refractivity contribution in [1.82, 2.24) is 9.80 Å². The summed E-state index contributed by atoms with van der Waals surface area (Å²) in [4.78, 5) is 17.0. The van der Waals surface area contributed by atoms with Crippen LogP contribution in [0.2, 0.25) is 0 Å². The second kappa shape index (κ2) is 8.77. The highest BCUT2D eigenvalue weighted by Crippen LogP contribution is 2.25. The molecule has 2 aliphatic heterocycles. The molecule has 0 bridgehead atoms. The number of benzene rings is 1. The van der Waals surface area contributed by atoms with Gasteiger partial charge in [0.1, 0.15) is 5.82 Å². The molecule has 2 aliphatic rings. The molecule has 0 radical (unpaired) electrons. The Balaban J connectivity index is 1.44. The van der Waals surface area contributed by atoms with E-state index in [0.29, 0.717) is 17.9 Å². The van der Waals surface area contributed by atoms with Crippen LogP contribution in [0.15, 0.2) is 24.3 Å². The smallest absolute Gasteiger partial charge is 0.223 e. The van der Waals surface area contributed by atoms with Gasteiger partial charge in [-0.25, -0.2) is 4.39 Å². The first-order valence-electron chi connectivity index (χ1n) is 9.46. The molecule has 4 nitrogen and oxygen atoms in total. The number of rotatable bonds is 5. The van der Waals surface area contributed by atoms with Gasteiger partial charge in [0.2, 0.25) is 5.91 Å². The Morgan fingerprint density at radius 1 is 1.20 bits per heavy atom. The molecule has 1 atom stereocenters. The molecule has 2 heterocycles. The number of ether oxygens (including phenoxy) is 1. The monoisotopic (exact) mass is 348 g/mol. The second-order valence-electron chi connectivity index (χ2n) is 7.36. The van der Waals surface area contributed by atoms with Gasteiger partial charge in [-0.1, -0.05) is 25.1 Å². The molecule has 2 saturated heterocycles. The lowest BCUT2D eigenvalue weighted by molar-refractivity contribution is -0.133. The fourth-order valence-electron chi connectivity index (χ4n) is 3.89. The zero-order chi connectivity index (χ0) is 17.6. The van der Waals surface area contributed by atoms with Crippen LogP contribution in [0.4, 0.5) is 4.39 Å². The maximum Gasteiger partial charge on any atom is 0.223 e. The van der Waals surface area contributed by atoms with Crippen molar-refractivity contribution in [3.63, 3.8) is 0 Å². The fraction of sp³-hybridized carbons (Fsp3) is 0.650. The number of amides is 1. The van der Waals surface area contributed by atoms with E-state index >= 15 is 0 Å². The Hall–Kier alpha value is -1.46. The van der Waals surface area contributed by atoms with Gasteiger partial charge in [0.25, 0.3) is 0 Å².